The van der Waals surface area contributed by atoms with Crippen molar-refractivity contribution in [2.75, 3.05) is 0 Å². The summed E-state index contributed by atoms with van der Waals surface area (Å²) in [6, 6.07) is 0. The summed E-state index contributed by atoms with van der Waals surface area (Å²) >= 11 is 11.9. The first kappa shape index (κ1) is 8.19. The van der Waals surface area contributed by atoms with Crippen LogP contribution in [-0.2, 0) is 0 Å². The van der Waals surface area contributed by atoms with Gasteiger partial charge in [-0.15, -0.1) is 23.2 Å². The van der Waals surface area contributed by atoms with Crippen LogP contribution in [0.1, 0.15) is 32.6 Å². The lowest BCUT2D eigenvalue weighted by atomic mass is 9.80. The molecule has 0 aromatic rings. The Morgan fingerprint density at radius 2 is 2.09 bits per heavy atom. The maximum absolute atomic E-state index is 5.93. The van der Waals surface area contributed by atoms with E-state index < -0.39 is 0 Å². The summed E-state index contributed by atoms with van der Waals surface area (Å²) in [6.45, 7) is 2.35. The first-order valence-electron chi connectivity index (χ1n) is 4.43. The predicted octanol–water partition coefficient (Wildman–Crippen LogP) is 3.62. The van der Waals surface area contributed by atoms with E-state index >= 15 is 0 Å². The van der Waals surface area contributed by atoms with E-state index in [9.17, 15) is 0 Å². The molecule has 2 fully saturated rings. The summed E-state index contributed by atoms with van der Waals surface area (Å²) in [5.41, 5.74) is 0.520. The van der Waals surface area contributed by atoms with E-state index in [0.717, 1.165) is 5.92 Å². The molecule has 11 heavy (non-hydrogen) atoms. The van der Waals surface area contributed by atoms with E-state index in [1.807, 2.05) is 0 Å². The molecule has 2 saturated carbocycles. The van der Waals surface area contributed by atoms with Crippen molar-refractivity contribution in [2.45, 2.75) is 37.4 Å². The third kappa shape index (κ3) is 1.19. The maximum Gasteiger partial charge on any atom is 0.111 e. The fourth-order valence-electron chi connectivity index (χ4n) is 2.69. The molecular weight excluding hydrogens is 179 g/mol. The molecule has 0 saturated heterocycles. The van der Waals surface area contributed by atoms with E-state index in [-0.39, 0.29) is 4.84 Å². The summed E-state index contributed by atoms with van der Waals surface area (Å²) in [6.07, 6.45) is 5.35. The van der Waals surface area contributed by atoms with Crippen LogP contribution in [0.2, 0.25) is 0 Å². The topological polar surface area (TPSA) is 0 Å². The quantitative estimate of drug-likeness (QED) is 0.558. The molecule has 0 spiro atoms. The van der Waals surface area contributed by atoms with Crippen molar-refractivity contribution in [3.8, 4) is 0 Å². The minimum atomic E-state index is -0.134. The van der Waals surface area contributed by atoms with Crippen LogP contribution in [0.25, 0.3) is 0 Å². The molecule has 2 aliphatic carbocycles. The van der Waals surface area contributed by atoms with Crippen LogP contribution in [0.4, 0.5) is 0 Å². The average Bonchev–Trinajstić information content (AvgIpc) is 2.58. The fraction of sp³-hybridized carbons (Fsp3) is 1.00. The zero-order valence-electron chi connectivity index (χ0n) is 6.82. The van der Waals surface area contributed by atoms with Gasteiger partial charge < -0.3 is 0 Å². The Morgan fingerprint density at radius 3 is 2.64 bits per heavy atom. The van der Waals surface area contributed by atoms with E-state index in [1.54, 1.807) is 0 Å². The minimum absolute atomic E-state index is 0.134. The molecule has 0 heterocycles. The predicted molar refractivity (Wildman–Crippen MR) is 49.0 cm³/mol. The second-order valence-electron chi connectivity index (χ2n) is 4.28. The van der Waals surface area contributed by atoms with Crippen LogP contribution >= 0.6 is 23.2 Å². The summed E-state index contributed by atoms with van der Waals surface area (Å²) in [5.74, 6) is 1.52. The summed E-state index contributed by atoms with van der Waals surface area (Å²) in [5, 5.41) is 0. The van der Waals surface area contributed by atoms with Crippen LogP contribution < -0.4 is 0 Å². The van der Waals surface area contributed by atoms with Crippen molar-refractivity contribution in [3.63, 3.8) is 0 Å². The Morgan fingerprint density at radius 1 is 1.36 bits per heavy atom. The van der Waals surface area contributed by atoms with Gasteiger partial charge in [0.05, 0.1) is 0 Å². The number of hydrogen-bond donors (Lipinski definition) is 0. The van der Waals surface area contributed by atoms with Crippen molar-refractivity contribution in [1.29, 1.82) is 0 Å². The summed E-state index contributed by atoms with van der Waals surface area (Å²) < 4.78 is 0. The van der Waals surface area contributed by atoms with E-state index in [4.69, 9.17) is 23.2 Å². The molecular formula is C9H14Cl2. The first-order chi connectivity index (χ1) is 5.14. The number of rotatable bonds is 1. The van der Waals surface area contributed by atoms with Crippen LogP contribution in [0.3, 0.4) is 0 Å². The first-order valence-corrected chi connectivity index (χ1v) is 5.30. The molecule has 0 N–H and O–H groups in total. The Balaban J connectivity index is 2.08. The van der Waals surface area contributed by atoms with Gasteiger partial charge in [-0.1, -0.05) is 13.3 Å². The van der Waals surface area contributed by atoms with Gasteiger partial charge >= 0.3 is 0 Å². The highest BCUT2D eigenvalue weighted by Gasteiger charge is 2.57. The van der Waals surface area contributed by atoms with Gasteiger partial charge in [-0.05, 0) is 36.5 Å². The molecule has 0 unspecified atom stereocenters. The van der Waals surface area contributed by atoms with Crippen LogP contribution in [0.15, 0.2) is 0 Å². The largest absolute Gasteiger partial charge is 0.111 e. The van der Waals surface area contributed by atoms with Gasteiger partial charge in [0.15, 0.2) is 0 Å². The lowest BCUT2D eigenvalue weighted by molar-refractivity contribution is 0.249. The Kier molecular flexibility index (Phi) is 1.89. The lowest BCUT2D eigenvalue weighted by Gasteiger charge is -2.29. The molecule has 0 aromatic carbocycles. The highest BCUT2D eigenvalue weighted by atomic mass is 35.5. The fourth-order valence-corrected chi connectivity index (χ4v) is 3.51. The second kappa shape index (κ2) is 2.53. The van der Waals surface area contributed by atoms with Crippen LogP contribution in [0.5, 0.6) is 0 Å². The number of fused-ring (bicyclic) bond motifs is 1. The Bertz CT molecular complexity index is 167. The van der Waals surface area contributed by atoms with E-state index in [0.29, 0.717) is 11.3 Å². The highest BCUT2D eigenvalue weighted by molar-refractivity contribution is 6.44. The molecule has 2 heteroatoms. The Labute approximate surface area is 78.3 Å². The van der Waals surface area contributed by atoms with Gasteiger partial charge in [0.2, 0.25) is 0 Å². The second-order valence-corrected chi connectivity index (χ2v) is 5.44. The van der Waals surface area contributed by atoms with Crippen molar-refractivity contribution in [2.24, 2.45) is 17.3 Å². The number of hydrogen-bond acceptors (Lipinski definition) is 0. The van der Waals surface area contributed by atoms with Crippen LogP contribution in [0, 0.1) is 17.3 Å². The minimum Gasteiger partial charge on any atom is -0.105 e. The van der Waals surface area contributed by atoms with Crippen molar-refractivity contribution >= 4 is 23.2 Å². The summed E-state index contributed by atoms with van der Waals surface area (Å²) in [4.78, 5) is -0.134. The Hall–Kier alpha value is 0.580. The molecule has 2 aliphatic rings. The number of alkyl halides is 2. The molecule has 0 bridgehead atoms. The molecule has 0 nitrogen and oxygen atoms in total. The molecule has 0 amide bonds. The van der Waals surface area contributed by atoms with Crippen molar-refractivity contribution < 1.29 is 0 Å². The van der Waals surface area contributed by atoms with Crippen molar-refractivity contribution in [3.05, 3.63) is 0 Å². The van der Waals surface area contributed by atoms with Gasteiger partial charge in [-0.3, -0.25) is 0 Å². The van der Waals surface area contributed by atoms with E-state index in [2.05, 4.69) is 6.92 Å². The van der Waals surface area contributed by atoms with Gasteiger partial charge in [0.25, 0.3) is 0 Å². The average molecular weight is 193 g/mol. The third-order valence-corrected chi connectivity index (χ3v) is 4.29. The lowest BCUT2D eigenvalue weighted by Crippen LogP contribution is -2.24. The molecule has 0 aliphatic heterocycles. The smallest absolute Gasteiger partial charge is 0.105 e. The normalized spacial score (nSPS) is 49.1. The van der Waals surface area contributed by atoms with Crippen LogP contribution in [-0.4, -0.2) is 4.84 Å². The van der Waals surface area contributed by atoms with Gasteiger partial charge in [-0.2, -0.15) is 0 Å². The number of halogens is 2. The van der Waals surface area contributed by atoms with Gasteiger partial charge in [0, 0.05) is 0 Å². The molecule has 0 aromatic heterocycles. The monoisotopic (exact) mass is 192 g/mol. The molecule has 0 radical (unpaired) electrons. The standard InChI is InChI=1S/C9H14Cl2/c1-9-5-6(9)3-2-4-7(9)8(10)11/h6-8H,2-5H2,1H3/t6-,7-,9+/m0/s1. The molecule has 64 valence electrons. The summed E-state index contributed by atoms with van der Waals surface area (Å²) in [7, 11) is 0. The molecule has 3 atom stereocenters. The van der Waals surface area contributed by atoms with E-state index in [1.165, 1.54) is 25.7 Å². The zero-order valence-corrected chi connectivity index (χ0v) is 8.33. The SMILES string of the molecule is C[C@@]12C[C@@H]1CCC[C@H]2C(Cl)Cl. The zero-order chi connectivity index (χ0) is 8.06. The van der Waals surface area contributed by atoms with Gasteiger partial charge in [-0.25, -0.2) is 0 Å². The maximum atomic E-state index is 5.93. The van der Waals surface area contributed by atoms with Gasteiger partial charge in [0.1, 0.15) is 4.84 Å². The van der Waals surface area contributed by atoms with Crippen molar-refractivity contribution in [1.82, 2.24) is 0 Å². The molecule has 2 rings (SSSR count). The highest BCUT2D eigenvalue weighted by Crippen LogP contribution is 2.65. The third-order valence-electron chi connectivity index (χ3n) is 3.68.